The first-order chi connectivity index (χ1) is 29.3. The van der Waals surface area contributed by atoms with E-state index >= 15 is 0 Å². The summed E-state index contributed by atoms with van der Waals surface area (Å²) in [7, 11) is 0. The first-order valence-electron chi connectivity index (χ1n) is 21.3. The van der Waals surface area contributed by atoms with Crippen LogP contribution in [-0.2, 0) is 22.4 Å². The van der Waals surface area contributed by atoms with Crippen molar-refractivity contribution >= 4 is 58.3 Å². The minimum Gasteiger partial charge on any atom is -0.481 e. The number of aliphatic carboxylic acids is 1. The smallest absolute Gasteiger partial charge is 0.307 e. The summed E-state index contributed by atoms with van der Waals surface area (Å²) in [6, 6.07) is 23.4. The van der Waals surface area contributed by atoms with Crippen LogP contribution in [0.15, 0.2) is 84.9 Å². The Morgan fingerprint density at radius 1 is 0.721 bits per heavy atom. The SMILES string of the molecule is CCC(NC(=O)c1ccc(Cl)cc1)C1[C@H]2CC(N3C(=O)Cc4cc(F)ccc43)C[C@@H]12.CCC(NC(=O)c1ccc(Cl)cc1)C1[C@H]2CC(Nc3ccc(F)cc3CC(=O)O)C[C@@H]12. The van der Waals surface area contributed by atoms with E-state index in [4.69, 9.17) is 28.3 Å². The van der Waals surface area contributed by atoms with E-state index in [0.29, 0.717) is 67.9 Å². The highest BCUT2D eigenvalue weighted by Gasteiger charge is 2.61. The number of hydrogen-bond acceptors (Lipinski definition) is 5. The molecule has 0 spiro atoms. The number of carboxylic acids is 1. The third-order valence-corrected chi connectivity index (χ3v) is 14.2. The lowest BCUT2D eigenvalue weighted by molar-refractivity contribution is -0.136. The van der Waals surface area contributed by atoms with Gasteiger partial charge in [-0.2, -0.15) is 0 Å². The number of halogens is 4. The second-order valence-electron chi connectivity index (χ2n) is 17.3. The van der Waals surface area contributed by atoms with Crippen LogP contribution in [0.4, 0.5) is 20.2 Å². The van der Waals surface area contributed by atoms with Gasteiger partial charge in [0.05, 0.1) is 12.8 Å². The molecule has 0 saturated heterocycles. The fraction of sp³-hybridized carbons (Fsp3) is 0.417. The van der Waals surface area contributed by atoms with Gasteiger partial charge >= 0.3 is 5.97 Å². The van der Waals surface area contributed by atoms with Crippen LogP contribution in [0.1, 0.15) is 84.2 Å². The lowest BCUT2D eigenvalue weighted by atomic mass is 9.98. The van der Waals surface area contributed by atoms with Gasteiger partial charge in [0.1, 0.15) is 11.6 Å². The molecule has 4 aliphatic carbocycles. The molecule has 4 saturated carbocycles. The van der Waals surface area contributed by atoms with Crippen LogP contribution < -0.4 is 20.9 Å². The van der Waals surface area contributed by atoms with Crippen LogP contribution in [-0.4, -0.2) is 53.0 Å². The van der Waals surface area contributed by atoms with E-state index in [0.717, 1.165) is 49.8 Å². The molecule has 0 bridgehead atoms. The van der Waals surface area contributed by atoms with E-state index in [1.807, 2.05) is 4.90 Å². The molecule has 10 atom stereocenters. The molecule has 4 aromatic rings. The normalized spacial score (nSPS) is 26.2. The standard InChI is InChI=1S/C24H26ClFN2O3.C24H24ClFN2O2/c1-2-20(28-24(31)13-3-5-15(25)6-4-13)23-18-11-17(12-19(18)23)27-21-8-7-16(26)9-14(21)10-22(29)30;1-2-20(27-24(30)13-3-5-15(25)6-4-13)23-18-11-17(12-19(18)23)28-21-8-7-16(26)9-14(21)10-22(28)29/h3-9,17-20,23,27H,2,10-12H2,1H3,(H,28,31)(H,29,30);3-9,17-20,23H,2,10-12H2,1H3,(H,27,30)/t2*17?,18-,19+,20?,23?. The van der Waals surface area contributed by atoms with E-state index in [2.05, 4.69) is 29.8 Å². The highest BCUT2D eigenvalue weighted by Crippen LogP contribution is 2.61. The van der Waals surface area contributed by atoms with Gasteiger partial charge in [-0.25, -0.2) is 8.78 Å². The number of carbonyl (C=O) groups excluding carboxylic acids is 3. The Balaban J connectivity index is 0.000000168. The molecule has 1 heterocycles. The number of rotatable bonds is 13. The highest BCUT2D eigenvalue weighted by atomic mass is 35.5. The maximum Gasteiger partial charge on any atom is 0.307 e. The van der Waals surface area contributed by atoms with Crippen molar-refractivity contribution in [1.29, 1.82) is 0 Å². The number of benzene rings is 4. The highest BCUT2D eigenvalue weighted by molar-refractivity contribution is 6.31. The fourth-order valence-electron chi connectivity index (χ4n) is 10.9. The molecular formula is C48H50Cl2F2N4O5. The Kier molecular flexibility index (Phi) is 12.4. The molecule has 13 heteroatoms. The molecule has 9 nitrogen and oxygen atoms in total. The van der Waals surface area contributed by atoms with Crippen molar-refractivity contribution in [2.75, 3.05) is 10.2 Å². The topological polar surface area (TPSA) is 128 Å². The summed E-state index contributed by atoms with van der Waals surface area (Å²) in [5.74, 6) is 1.29. The average molecular weight is 872 g/mol. The van der Waals surface area contributed by atoms with Crippen molar-refractivity contribution in [3.8, 4) is 0 Å². The molecule has 3 amide bonds. The van der Waals surface area contributed by atoms with E-state index < -0.39 is 11.8 Å². The van der Waals surface area contributed by atoms with Crippen LogP contribution in [0.25, 0.3) is 0 Å². The zero-order valence-corrected chi connectivity index (χ0v) is 35.6. The third-order valence-electron chi connectivity index (χ3n) is 13.7. The van der Waals surface area contributed by atoms with Crippen molar-refractivity contribution in [2.45, 2.75) is 89.4 Å². The number of carbonyl (C=O) groups is 4. The van der Waals surface area contributed by atoms with Crippen molar-refractivity contribution in [3.05, 3.63) is 129 Å². The number of nitrogens with one attached hydrogen (secondary N) is 3. The van der Waals surface area contributed by atoms with Gasteiger partial charge in [-0.3, -0.25) is 19.2 Å². The number of hydrogen-bond donors (Lipinski definition) is 4. The minimum absolute atomic E-state index is 0.0642. The van der Waals surface area contributed by atoms with Crippen molar-refractivity contribution in [3.63, 3.8) is 0 Å². The van der Waals surface area contributed by atoms with Crippen LogP contribution in [0.5, 0.6) is 0 Å². The van der Waals surface area contributed by atoms with Crippen molar-refractivity contribution in [2.24, 2.45) is 35.5 Å². The van der Waals surface area contributed by atoms with Crippen LogP contribution in [0.3, 0.4) is 0 Å². The fourth-order valence-corrected chi connectivity index (χ4v) is 11.1. The Bertz CT molecular complexity index is 2290. The van der Waals surface area contributed by atoms with Crippen LogP contribution >= 0.6 is 23.2 Å². The summed E-state index contributed by atoms with van der Waals surface area (Å²) >= 11 is 11.8. The lowest BCUT2D eigenvalue weighted by Crippen LogP contribution is -2.40. The summed E-state index contributed by atoms with van der Waals surface area (Å²) in [4.78, 5) is 50.8. The number of fused-ring (bicyclic) bond motifs is 3. The zero-order valence-electron chi connectivity index (χ0n) is 34.1. The van der Waals surface area contributed by atoms with Gasteiger partial charge in [-0.15, -0.1) is 0 Å². The van der Waals surface area contributed by atoms with Gasteiger partial charge in [-0.05, 0) is 170 Å². The second kappa shape index (κ2) is 17.8. The van der Waals surface area contributed by atoms with E-state index in [1.54, 1.807) is 60.7 Å². The molecule has 4 aromatic carbocycles. The number of anilines is 2. The maximum absolute atomic E-state index is 13.5. The molecule has 61 heavy (non-hydrogen) atoms. The van der Waals surface area contributed by atoms with Crippen molar-refractivity contribution in [1.82, 2.24) is 10.6 Å². The molecule has 4 fully saturated rings. The van der Waals surface area contributed by atoms with Gasteiger partial charge in [0, 0.05) is 56.7 Å². The third kappa shape index (κ3) is 9.28. The molecule has 6 unspecified atom stereocenters. The summed E-state index contributed by atoms with van der Waals surface area (Å²) in [6.45, 7) is 4.19. The number of amides is 3. The Morgan fingerprint density at radius 2 is 1.21 bits per heavy atom. The summed E-state index contributed by atoms with van der Waals surface area (Å²) in [5.41, 5.74) is 4.04. The van der Waals surface area contributed by atoms with Crippen LogP contribution in [0.2, 0.25) is 10.0 Å². The predicted octanol–water partition coefficient (Wildman–Crippen LogP) is 9.35. The zero-order chi connectivity index (χ0) is 43.1. The number of nitrogens with zero attached hydrogens (tertiary/aromatic N) is 1. The second-order valence-corrected chi connectivity index (χ2v) is 18.2. The van der Waals surface area contributed by atoms with Gasteiger partial charge < -0.3 is 26.0 Å². The molecule has 4 N–H and O–H groups in total. The molecular weight excluding hydrogens is 821 g/mol. The molecule has 320 valence electrons. The monoisotopic (exact) mass is 870 g/mol. The molecule has 1 aliphatic heterocycles. The van der Waals surface area contributed by atoms with Crippen LogP contribution in [0, 0.1) is 47.1 Å². The Hall–Kier alpha value is -5.00. The number of carboxylic acid groups (broad SMARTS) is 1. The van der Waals surface area contributed by atoms with Gasteiger partial charge in [-0.1, -0.05) is 37.0 Å². The quantitative estimate of drug-likeness (QED) is 0.106. The Morgan fingerprint density at radius 3 is 1.72 bits per heavy atom. The van der Waals surface area contributed by atoms with Gasteiger partial charge in [0.25, 0.3) is 11.8 Å². The first-order valence-corrected chi connectivity index (χ1v) is 22.1. The average Bonchev–Trinajstić information content (AvgIpc) is 3.83. The van der Waals surface area contributed by atoms with Crippen molar-refractivity contribution < 1.29 is 33.1 Å². The first kappa shape index (κ1) is 42.7. The lowest BCUT2D eigenvalue weighted by Gasteiger charge is -2.28. The predicted molar refractivity (Wildman–Crippen MR) is 232 cm³/mol. The largest absolute Gasteiger partial charge is 0.481 e. The molecule has 9 rings (SSSR count). The van der Waals surface area contributed by atoms with Gasteiger partial charge in [0.15, 0.2) is 0 Å². The summed E-state index contributed by atoms with van der Waals surface area (Å²) in [6.07, 6.45) is 5.66. The molecule has 0 aromatic heterocycles. The molecule has 5 aliphatic rings. The Labute approximate surface area is 364 Å². The van der Waals surface area contributed by atoms with Gasteiger partial charge in [0.2, 0.25) is 5.91 Å². The summed E-state index contributed by atoms with van der Waals surface area (Å²) in [5, 5.41) is 20.1. The van der Waals surface area contributed by atoms with E-state index in [1.165, 1.54) is 24.3 Å². The van der Waals surface area contributed by atoms with E-state index in [-0.39, 0.29) is 60.5 Å². The summed E-state index contributed by atoms with van der Waals surface area (Å²) < 4.78 is 27.1. The maximum atomic E-state index is 13.5. The van der Waals surface area contributed by atoms with E-state index in [9.17, 15) is 28.0 Å². The molecule has 0 radical (unpaired) electrons. The minimum atomic E-state index is -0.981.